The number of halogens is 1. The monoisotopic (exact) mass is 348 g/mol. The summed E-state index contributed by atoms with van der Waals surface area (Å²) in [5.74, 6) is -0.137. The molecule has 0 unspecified atom stereocenters. The van der Waals surface area contributed by atoms with Crippen LogP contribution in [0.4, 0.5) is 5.69 Å². The summed E-state index contributed by atoms with van der Waals surface area (Å²) in [7, 11) is 1.98. The lowest BCUT2D eigenvalue weighted by atomic mass is 10.2. The molecule has 0 saturated carbocycles. The summed E-state index contributed by atoms with van der Waals surface area (Å²) in [4.78, 5) is 14.5. The van der Waals surface area contributed by atoms with E-state index in [0.29, 0.717) is 23.9 Å². The van der Waals surface area contributed by atoms with Crippen molar-refractivity contribution in [3.63, 3.8) is 0 Å². The number of hydrogen-bond donors (Lipinski definition) is 1. The summed E-state index contributed by atoms with van der Waals surface area (Å²) in [6.07, 6.45) is 1.94. The van der Waals surface area contributed by atoms with Crippen LogP contribution in [0.25, 0.3) is 5.69 Å². The first-order valence-corrected chi connectivity index (χ1v) is 8.40. The third-order valence-corrected chi connectivity index (χ3v) is 4.31. The first kappa shape index (κ1) is 17.0. The average Bonchev–Trinajstić information content (AvgIpc) is 2.97. The molecule has 2 aromatic rings. The van der Waals surface area contributed by atoms with Gasteiger partial charge >= 0.3 is 0 Å². The fourth-order valence-electron chi connectivity index (χ4n) is 2.80. The summed E-state index contributed by atoms with van der Waals surface area (Å²) < 4.78 is 7.37. The van der Waals surface area contributed by atoms with Crippen LogP contribution in [0.15, 0.2) is 30.5 Å². The normalized spacial score (nSPS) is 18.5. The minimum absolute atomic E-state index is 0.137. The summed E-state index contributed by atoms with van der Waals surface area (Å²) >= 11 is 6.06. The zero-order valence-electron chi connectivity index (χ0n) is 13.8. The Kier molecular flexibility index (Phi) is 5.18. The van der Waals surface area contributed by atoms with E-state index >= 15 is 0 Å². The van der Waals surface area contributed by atoms with E-state index in [1.807, 2.05) is 38.2 Å². The number of morpholine rings is 1. The third kappa shape index (κ3) is 3.61. The molecule has 0 aliphatic carbocycles. The highest BCUT2D eigenvalue weighted by Gasteiger charge is 2.26. The van der Waals surface area contributed by atoms with Crippen molar-refractivity contribution in [3.05, 3.63) is 41.2 Å². The third-order valence-electron chi connectivity index (χ3n) is 4.08. The number of likely N-dealkylation sites (N-methyl/N-ethyl adjacent to an activating group) is 1. The highest BCUT2D eigenvalue weighted by Crippen LogP contribution is 2.22. The second kappa shape index (κ2) is 7.34. The van der Waals surface area contributed by atoms with Gasteiger partial charge in [-0.25, -0.2) is 4.68 Å². The zero-order chi connectivity index (χ0) is 17.1. The van der Waals surface area contributed by atoms with Gasteiger partial charge in [-0.1, -0.05) is 24.6 Å². The Hall–Kier alpha value is -1.89. The van der Waals surface area contributed by atoms with E-state index in [1.54, 1.807) is 10.9 Å². The Morgan fingerprint density at radius 1 is 1.50 bits per heavy atom. The maximum atomic E-state index is 12.5. The number of ether oxygens (including phenoxy) is 1. The fourth-order valence-corrected chi connectivity index (χ4v) is 2.98. The number of hydrogen-bond acceptors (Lipinski definition) is 4. The van der Waals surface area contributed by atoms with Crippen molar-refractivity contribution < 1.29 is 9.53 Å². The second-order valence-corrected chi connectivity index (χ2v) is 6.30. The predicted molar refractivity (Wildman–Crippen MR) is 93.8 cm³/mol. The molecule has 0 bridgehead atoms. The molecule has 2 heterocycles. The predicted octanol–water partition coefficient (Wildman–Crippen LogP) is 2.36. The van der Waals surface area contributed by atoms with Crippen molar-refractivity contribution in [2.24, 2.45) is 0 Å². The molecule has 1 amide bonds. The lowest BCUT2D eigenvalue weighted by molar-refractivity contribution is -0.132. The van der Waals surface area contributed by atoms with Gasteiger partial charge in [0.15, 0.2) is 0 Å². The first-order chi connectivity index (χ1) is 11.6. The minimum Gasteiger partial charge on any atom is -0.366 e. The lowest BCUT2D eigenvalue weighted by Crippen LogP contribution is -2.46. The number of aromatic nitrogens is 2. The maximum Gasteiger partial charge on any atom is 0.254 e. The van der Waals surface area contributed by atoms with Crippen LogP contribution in [-0.4, -0.2) is 53.4 Å². The second-order valence-electron chi connectivity index (χ2n) is 5.86. The Balaban J connectivity index is 1.80. The van der Waals surface area contributed by atoms with Crippen molar-refractivity contribution >= 4 is 23.2 Å². The van der Waals surface area contributed by atoms with Crippen LogP contribution in [0.5, 0.6) is 0 Å². The fraction of sp³-hybridized carbons (Fsp3) is 0.412. The molecular formula is C17H21ClN4O2. The number of anilines is 1. The van der Waals surface area contributed by atoms with Crippen LogP contribution in [0, 0.1) is 0 Å². The Morgan fingerprint density at radius 2 is 2.33 bits per heavy atom. The van der Waals surface area contributed by atoms with E-state index in [2.05, 4.69) is 15.3 Å². The molecule has 1 N–H and O–H groups in total. The molecule has 1 aliphatic heterocycles. The van der Waals surface area contributed by atoms with Crippen molar-refractivity contribution in [3.8, 4) is 5.69 Å². The number of carbonyl (C=O) groups is 1. The summed E-state index contributed by atoms with van der Waals surface area (Å²) in [5.41, 5.74) is 2.50. The van der Waals surface area contributed by atoms with Gasteiger partial charge in [0.1, 0.15) is 6.10 Å². The first-order valence-electron chi connectivity index (χ1n) is 8.02. The molecule has 1 aromatic heterocycles. The number of amides is 1. The van der Waals surface area contributed by atoms with Crippen LogP contribution in [0.3, 0.4) is 0 Å². The van der Waals surface area contributed by atoms with Crippen molar-refractivity contribution in [1.82, 2.24) is 14.7 Å². The van der Waals surface area contributed by atoms with Crippen LogP contribution < -0.4 is 5.32 Å². The molecule has 1 saturated heterocycles. The van der Waals surface area contributed by atoms with Gasteiger partial charge in [-0.2, -0.15) is 5.10 Å². The van der Waals surface area contributed by atoms with Crippen molar-refractivity contribution in [1.29, 1.82) is 0 Å². The van der Waals surface area contributed by atoms with Crippen LogP contribution in [0.1, 0.15) is 12.6 Å². The Morgan fingerprint density at radius 3 is 3.04 bits per heavy atom. The Bertz CT molecular complexity index is 731. The topological polar surface area (TPSA) is 59.4 Å². The van der Waals surface area contributed by atoms with Gasteiger partial charge < -0.3 is 15.0 Å². The molecule has 1 aromatic carbocycles. The molecule has 3 rings (SSSR count). The number of carbonyl (C=O) groups excluding carboxylic acids is 1. The molecule has 7 heteroatoms. The smallest absolute Gasteiger partial charge is 0.254 e. The molecular weight excluding hydrogens is 328 g/mol. The summed E-state index contributed by atoms with van der Waals surface area (Å²) in [6, 6.07) is 7.48. The molecule has 1 fully saturated rings. The molecule has 0 spiro atoms. The van der Waals surface area contributed by atoms with Gasteiger partial charge in [0.05, 0.1) is 29.9 Å². The molecule has 128 valence electrons. The number of rotatable bonds is 4. The van der Waals surface area contributed by atoms with Crippen LogP contribution >= 0.6 is 11.6 Å². The lowest BCUT2D eigenvalue weighted by Gasteiger charge is -2.29. The molecule has 24 heavy (non-hydrogen) atoms. The van der Waals surface area contributed by atoms with Gasteiger partial charge in [-0.15, -0.1) is 0 Å². The van der Waals surface area contributed by atoms with Crippen LogP contribution in [0.2, 0.25) is 5.02 Å². The van der Waals surface area contributed by atoms with Crippen molar-refractivity contribution in [2.45, 2.75) is 19.4 Å². The van der Waals surface area contributed by atoms with Gasteiger partial charge in [0, 0.05) is 18.1 Å². The average molecular weight is 349 g/mol. The van der Waals surface area contributed by atoms with E-state index in [1.165, 1.54) is 0 Å². The molecule has 1 atom stereocenters. The number of nitrogens with one attached hydrogen (secondary N) is 1. The van der Waals surface area contributed by atoms with E-state index in [-0.39, 0.29) is 5.91 Å². The van der Waals surface area contributed by atoms with Crippen molar-refractivity contribution in [2.75, 3.05) is 32.1 Å². The van der Waals surface area contributed by atoms with Gasteiger partial charge in [-0.05, 0) is 31.7 Å². The van der Waals surface area contributed by atoms with E-state index in [9.17, 15) is 4.79 Å². The zero-order valence-corrected chi connectivity index (χ0v) is 14.6. The van der Waals surface area contributed by atoms with E-state index < -0.39 is 6.10 Å². The maximum absolute atomic E-state index is 12.5. The quantitative estimate of drug-likeness (QED) is 0.921. The van der Waals surface area contributed by atoms with Gasteiger partial charge in [0.2, 0.25) is 0 Å². The van der Waals surface area contributed by atoms with E-state index in [4.69, 9.17) is 16.3 Å². The molecule has 1 aliphatic rings. The van der Waals surface area contributed by atoms with Crippen LogP contribution in [-0.2, 0) is 16.0 Å². The highest BCUT2D eigenvalue weighted by molar-refractivity contribution is 6.30. The molecule has 0 radical (unpaired) electrons. The standard InChI is InChI=1S/C17H21ClN4O2/c1-3-15-14(20-17(23)16-11-21(2)7-8-24-16)10-19-22(15)13-6-4-5-12(18)9-13/h4-6,9-10,16H,3,7-8,11H2,1-2H3,(H,20,23)/t16-/m1/s1. The number of nitrogens with zero attached hydrogens (tertiary/aromatic N) is 3. The van der Waals surface area contributed by atoms with E-state index in [0.717, 1.165) is 24.3 Å². The summed E-state index contributed by atoms with van der Waals surface area (Å²) in [5, 5.41) is 8.00. The van der Waals surface area contributed by atoms with Gasteiger partial charge in [-0.3, -0.25) is 4.79 Å². The minimum atomic E-state index is -0.456. The SMILES string of the molecule is CCc1c(NC(=O)[C@H]2CN(C)CCO2)cnn1-c1cccc(Cl)c1. The van der Waals surface area contributed by atoms with Gasteiger partial charge in [0.25, 0.3) is 5.91 Å². The Labute approximate surface area is 146 Å². The largest absolute Gasteiger partial charge is 0.366 e. The number of benzene rings is 1. The summed E-state index contributed by atoms with van der Waals surface area (Å²) in [6.45, 7) is 4.03. The molecule has 6 nitrogen and oxygen atoms in total. The highest BCUT2D eigenvalue weighted by atomic mass is 35.5.